The number of carbonyl (C=O) groups excluding carboxylic acids is 1. The minimum Gasteiger partial charge on any atom is -0.381 e. The monoisotopic (exact) mass is 211 g/mol. The summed E-state index contributed by atoms with van der Waals surface area (Å²) in [6.45, 7) is 7.04. The van der Waals surface area contributed by atoms with Crippen LogP contribution in [0.5, 0.6) is 0 Å². The summed E-state index contributed by atoms with van der Waals surface area (Å²) in [5, 5.41) is 0. The average Bonchev–Trinajstić information content (AvgIpc) is 2.62. The molecule has 0 spiro atoms. The van der Waals surface area contributed by atoms with Gasteiger partial charge in [0.25, 0.3) is 0 Å². The quantitative estimate of drug-likeness (QED) is 0.695. The first kappa shape index (κ1) is 10.9. The highest BCUT2D eigenvalue weighted by Gasteiger charge is 2.35. The molecule has 3 heteroatoms. The van der Waals surface area contributed by atoms with Gasteiger partial charge in [0, 0.05) is 32.2 Å². The molecule has 15 heavy (non-hydrogen) atoms. The maximum atomic E-state index is 11.9. The fourth-order valence-electron chi connectivity index (χ4n) is 2.56. The number of rotatable bonds is 2. The number of ether oxygens (including phenoxy) is 1. The van der Waals surface area contributed by atoms with Gasteiger partial charge in [-0.2, -0.15) is 0 Å². The molecule has 2 fully saturated rings. The Morgan fingerprint density at radius 2 is 2.00 bits per heavy atom. The van der Waals surface area contributed by atoms with Gasteiger partial charge in [-0.05, 0) is 24.7 Å². The van der Waals surface area contributed by atoms with E-state index in [1.54, 1.807) is 0 Å². The maximum Gasteiger partial charge on any atom is 0.223 e. The smallest absolute Gasteiger partial charge is 0.223 e. The van der Waals surface area contributed by atoms with E-state index in [-0.39, 0.29) is 0 Å². The van der Waals surface area contributed by atoms with E-state index in [0.717, 1.165) is 39.0 Å². The van der Waals surface area contributed by atoms with Crippen molar-refractivity contribution in [3.05, 3.63) is 0 Å². The molecule has 0 aliphatic carbocycles. The van der Waals surface area contributed by atoms with Crippen LogP contribution in [0.2, 0.25) is 0 Å². The van der Waals surface area contributed by atoms with Crippen LogP contribution in [-0.2, 0) is 9.53 Å². The molecule has 0 aromatic carbocycles. The van der Waals surface area contributed by atoms with Crippen LogP contribution in [0.1, 0.15) is 33.1 Å². The number of carbonyl (C=O) groups is 1. The fourth-order valence-corrected chi connectivity index (χ4v) is 2.56. The Labute approximate surface area is 91.8 Å². The van der Waals surface area contributed by atoms with E-state index in [2.05, 4.69) is 18.7 Å². The number of amides is 1. The summed E-state index contributed by atoms with van der Waals surface area (Å²) in [6, 6.07) is 0.454. The van der Waals surface area contributed by atoms with E-state index in [9.17, 15) is 4.79 Å². The minimum atomic E-state index is 0.362. The van der Waals surface area contributed by atoms with Gasteiger partial charge in [-0.25, -0.2) is 0 Å². The molecular formula is C12H21NO2. The number of likely N-dealkylation sites (tertiary alicyclic amines) is 1. The summed E-state index contributed by atoms with van der Waals surface area (Å²) in [6.07, 6.45) is 2.81. The SMILES string of the molecule is CC(C)[C@@H]1CC(=O)N(C2CCOCC2)C1. The van der Waals surface area contributed by atoms with Crippen LogP contribution < -0.4 is 0 Å². The van der Waals surface area contributed by atoms with E-state index in [4.69, 9.17) is 4.74 Å². The van der Waals surface area contributed by atoms with E-state index in [1.165, 1.54) is 0 Å². The van der Waals surface area contributed by atoms with E-state index in [1.807, 2.05) is 0 Å². The molecule has 0 unspecified atom stereocenters. The van der Waals surface area contributed by atoms with E-state index >= 15 is 0 Å². The van der Waals surface area contributed by atoms with Gasteiger partial charge in [-0.15, -0.1) is 0 Å². The molecule has 2 heterocycles. The third-order valence-corrected chi connectivity index (χ3v) is 3.76. The zero-order valence-corrected chi connectivity index (χ0v) is 9.74. The Balaban J connectivity index is 1.95. The molecule has 0 aromatic rings. The van der Waals surface area contributed by atoms with Gasteiger partial charge in [-0.1, -0.05) is 13.8 Å². The molecule has 0 radical (unpaired) electrons. The molecule has 1 atom stereocenters. The van der Waals surface area contributed by atoms with Gasteiger partial charge in [0.1, 0.15) is 0 Å². The van der Waals surface area contributed by atoms with Gasteiger partial charge in [0.2, 0.25) is 5.91 Å². The molecule has 3 nitrogen and oxygen atoms in total. The predicted octanol–water partition coefficient (Wildman–Crippen LogP) is 1.67. The van der Waals surface area contributed by atoms with Gasteiger partial charge < -0.3 is 9.64 Å². The Bertz CT molecular complexity index is 234. The van der Waals surface area contributed by atoms with Crippen LogP contribution in [0.15, 0.2) is 0 Å². The Morgan fingerprint density at radius 3 is 2.53 bits per heavy atom. The number of nitrogens with zero attached hydrogens (tertiary/aromatic N) is 1. The standard InChI is InChI=1S/C12H21NO2/c1-9(2)10-7-12(14)13(8-10)11-3-5-15-6-4-11/h9-11H,3-8H2,1-2H3/t10-/m1/s1. The molecule has 86 valence electrons. The van der Waals surface area contributed by atoms with Crippen molar-refractivity contribution < 1.29 is 9.53 Å². The molecule has 0 aromatic heterocycles. The molecular weight excluding hydrogens is 190 g/mol. The molecule has 0 saturated carbocycles. The zero-order valence-electron chi connectivity index (χ0n) is 9.74. The molecule has 2 rings (SSSR count). The molecule has 2 aliphatic rings. The Kier molecular flexibility index (Phi) is 3.29. The van der Waals surface area contributed by atoms with Crippen molar-refractivity contribution >= 4 is 5.91 Å². The van der Waals surface area contributed by atoms with E-state index in [0.29, 0.717) is 23.8 Å². The van der Waals surface area contributed by atoms with Crippen molar-refractivity contribution in [3.63, 3.8) is 0 Å². The van der Waals surface area contributed by atoms with Gasteiger partial charge >= 0.3 is 0 Å². The highest BCUT2D eigenvalue weighted by molar-refractivity contribution is 5.79. The van der Waals surface area contributed by atoms with Crippen LogP contribution in [0, 0.1) is 11.8 Å². The normalized spacial score (nSPS) is 29.1. The predicted molar refractivity (Wildman–Crippen MR) is 58.5 cm³/mol. The van der Waals surface area contributed by atoms with Crippen LogP contribution in [-0.4, -0.2) is 36.6 Å². The average molecular weight is 211 g/mol. The largest absolute Gasteiger partial charge is 0.381 e. The van der Waals surface area contributed by atoms with Gasteiger partial charge in [-0.3, -0.25) is 4.79 Å². The summed E-state index contributed by atoms with van der Waals surface area (Å²) >= 11 is 0. The third-order valence-electron chi connectivity index (χ3n) is 3.76. The van der Waals surface area contributed by atoms with Crippen LogP contribution in [0.4, 0.5) is 0 Å². The molecule has 2 saturated heterocycles. The summed E-state index contributed by atoms with van der Waals surface area (Å²) in [5.41, 5.74) is 0. The van der Waals surface area contributed by atoms with Crippen molar-refractivity contribution in [2.45, 2.75) is 39.2 Å². The van der Waals surface area contributed by atoms with Crippen molar-refractivity contribution in [2.75, 3.05) is 19.8 Å². The second kappa shape index (κ2) is 4.52. The second-order valence-electron chi connectivity index (χ2n) is 5.10. The third kappa shape index (κ3) is 2.33. The molecule has 2 aliphatic heterocycles. The van der Waals surface area contributed by atoms with Crippen LogP contribution in [0.25, 0.3) is 0 Å². The summed E-state index contributed by atoms with van der Waals surface area (Å²) in [5.74, 6) is 1.56. The first-order chi connectivity index (χ1) is 7.18. The lowest BCUT2D eigenvalue weighted by atomic mass is 9.95. The van der Waals surface area contributed by atoms with Crippen molar-refractivity contribution in [1.82, 2.24) is 4.90 Å². The summed E-state index contributed by atoms with van der Waals surface area (Å²) in [7, 11) is 0. The Morgan fingerprint density at radius 1 is 1.33 bits per heavy atom. The maximum absolute atomic E-state index is 11.9. The minimum absolute atomic E-state index is 0.362. The van der Waals surface area contributed by atoms with Crippen LogP contribution in [0.3, 0.4) is 0 Å². The van der Waals surface area contributed by atoms with Crippen molar-refractivity contribution in [3.8, 4) is 0 Å². The van der Waals surface area contributed by atoms with Gasteiger partial charge in [0.15, 0.2) is 0 Å². The topological polar surface area (TPSA) is 29.5 Å². The first-order valence-electron chi connectivity index (χ1n) is 6.05. The molecule has 1 amide bonds. The highest BCUT2D eigenvalue weighted by Crippen LogP contribution is 2.28. The molecule has 0 N–H and O–H groups in total. The number of hydrogen-bond donors (Lipinski definition) is 0. The summed E-state index contributed by atoms with van der Waals surface area (Å²) in [4.78, 5) is 14.0. The Hall–Kier alpha value is -0.570. The van der Waals surface area contributed by atoms with E-state index < -0.39 is 0 Å². The fraction of sp³-hybridized carbons (Fsp3) is 0.917. The first-order valence-corrected chi connectivity index (χ1v) is 6.05. The van der Waals surface area contributed by atoms with Crippen LogP contribution >= 0.6 is 0 Å². The molecule has 0 bridgehead atoms. The highest BCUT2D eigenvalue weighted by atomic mass is 16.5. The zero-order chi connectivity index (χ0) is 10.8. The lowest BCUT2D eigenvalue weighted by Crippen LogP contribution is -2.40. The lowest BCUT2D eigenvalue weighted by Gasteiger charge is -2.31. The van der Waals surface area contributed by atoms with Crippen molar-refractivity contribution in [1.29, 1.82) is 0 Å². The number of hydrogen-bond acceptors (Lipinski definition) is 2. The summed E-state index contributed by atoms with van der Waals surface area (Å²) < 4.78 is 5.33. The lowest BCUT2D eigenvalue weighted by molar-refractivity contribution is -0.131. The van der Waals surface area contributed by atoms with Crippen molar-refractivity contribution in [2.24, 2.45) is 11.8 Å². The van der Waals surface area contributed by atoms with Gasteiger partial charge in [0.05, 0.1) is 0 Å². The second-order valence-corrected chi connectivity index (χ2v) is 5.10.